The van der Waals surface area contributed by atoms with Crippen LogP contribution in [0.5, 0.6) is 11.5 Å². The Morgan fingerprint density at radius 2 is 1.86 bits per heavy atom. The van der Waals surface area contributed by atoms with Crippen LogP contribution in [0.1, 0.15) is 24.2 Å². The first-order valence-corrected chi connectivity index (χ1v) is 9.61. The highest BCUT2D eigenvalue weighted by Crippen LogP contribution is 2.29. The van der Waals surface area contributed by atoms with Crippen LogP contribution in [-0.4, -0.2) is 44.9 Å². The van der Waals surface area contributed by atoms with E-state index in [0.717, 1.165) is 18.0 Å². The number of benzene rings is 2. The Bertz CT molecular complexity index is 766. The highest BCUT2D eigenvalue weighted by atomic mass is 35.5. The van der Waals surface area contributed by atoms with Gasteiger partial charge in [0.2, 0.25) is 0 Å². The molecule has 1 atom stereocenters. The minimum Gasteiger partial charge on any atom is -0.497 e. The normalized spacial score (nSPS) is 12.4. The zero-order valence-corrected chi connectivity index (χ0v) is 17.3. The van der Waals surface area contributed by atoms with E-state index in [2.05, 4.69) is 15.6 Å². The van der Waals surface area contributed by atoms with Gasteiger partial charge in [0.15, 0.2) is 5.96 Å². The van der Waals surface area contributed by atoms with Crippen molar-refractivity contribution in [1.29, 1.82) is 0 Å². The fraction of sp³-hybridized carbons (Fsp3) is 0.381. The van der Waals surface area contributed by atoms with Gasteiger partial charge >= 0.3 is 0 Å². The standard InChI is InChI=1S/C21H28ClN3O3/c1-4-23-21(24-12-11-15-5-7-16(22)8-6-15)25-14-19(26)18-13-17(27-2)9-10-20(18)28-3/h5-10,13,19,26H,4,11-12,14H2,1-3H3,(H2,23,24,25). The molecule has 2 aromatic rings. The molecular weight excluding hydrogens is 378 g/mol. The van der Waals surface area contributed by atoms with Crippen LogP contribution in [0, 0.1) is 0 Å². The van der Waals surface area contributed by atoms with Crippen molar-refractivity contribution in [3.05, 3.63) is 58.6 Å². The Labute approximate surface area is 171 Å². The van der Waals surface area contributed by atoms with Crippen molar-refractivity contribution >= 4 is 17.6 Å². The molecule has 1 unspecified atom stereocenters. The van der Waals surface area contributed by atoms with E-state index in [1.807, 2.05) is 31.2 Å². The van der Waals surface area contributed by atoms with Crippen LogP contribution in [0.4, 0.5) is 0 Å². The van der Waals surface area contributed by atoms with Crippen LogP contribution < -0.4 is 20.1 Å². The van der Waals surface area contributed by atoms with Crippen molar-refractivity contribution in [3.8, 4) is 11.5 Å². The second kappa shape index (κ2) is 11.4. The first-order valence-electron chi connectivity index (χ1n) is 9.24. The Kier molecular flexibility index (Phi) is 8.91. The summed E-state index contributed by atoms with van der Waals surface area (Å²) in [6, 6.07) is 13.1. The van der Waals surface area contributed by atoms with E-state index in [4.69, 9.17) is 21.1 Å². The largest absolute Gasteiger partial charge is 0.497 e. The first kappa shape index (κ1) is 21.9. The Balaban J connectivity index is 1.98. The minimum atomic E-state index is -0.809. The molecule has 0 saturated carbocycles. The molecule has 152 valence electrons. The molecular formula is C21H28ClN3O3. The molecule has 0 heterocycles. The number of rotatable bonds is 9. The maximum atomic E-state index is 10.6. The van der Waals surface area contributed by atoms with Crippen molar-refractivity contribution < 1.29 is 14.6 Å². The number of aliphatic hydroxyl groups excluding tert-OH is 1. The zero-order valence-electron chi connectivity index (χ0n) is 16.5. The molecule has 0 spiro atoms. The predicted molar refractivity (Wildman–Crippen MR) is 114 cm³/mol. The lowest BCUT2D eigenvalue weighted by molar-refractivity contribution is 0.182. The van der Waals surface area contributed by atoms with E-state index in [0.29, 0.717) is 29.6 Å². The molecule has 0 saturated heterocycles. The third-order valence-corrected chi connectivity index (χ3v) is 4.43. The summed E-state index contributed by atoms with van der Waals surface area (Å²) >= 11 is 5.91. The van der Waals surface area contributed by atoms with Gasteiger partial charge in [-0.2, -0.15) is 0 Å². The molecule has 0 radical (unpaired) electrons. The predicted octanol–water partition coefficient (Wildman–Crippen LogP) is 3.19. The van der Waals surface area contributed by atoms with Gasteiger partial charge in [-0.3, -0.25) is 4.99 Å². The maximum absolute atomic E-state index is 10.6. The monoisotopic (exact) mass is 405 g/mol. The molecule has 0 bridgehead atoms. The smallest absolute Gasteiger partial charge is 0.191 e. The number of guanidine groups is 1. The highest BCUT2D eigenvalue weighted by Gasteiger charge is 2.14. The second-order valence-corrected chi connectivity index (χ2v) is 6.58. The Hall–Kier alpha value is -2.44. The van der Waals surface area contributed by atoms with Gasteiger partial charge in [-0.25, -0.2) is 0 Å². The SMILES string of the molecule is CCNC(=NCC(O)c1cc(OC)ccc1OC)NCCc1ccc(Cl)cc1. The quantitative estimate of drug-likeness (QED) is 0.441. The number of hydrogen-bond donors (Lipinski definition) is 3. The van der Waals surface area contributed by atoms with E-state index in [1.54, 1.807) is 32.4 Å². The molecule has 6 nitrogen and oxygen atoms in total. The average molecular weight is 406 g/mol. The van der Waals surface area contributed by atoms with Gasteiger partial charge in [0, 0.05) is 23.7 Å². The van der Waals surface area contributed by atoms with Gasteiger partial charge in [0.05, 0.1) is 20.8 Å². The molecule has 0 aliphatic heterocycles. The molecule has 0 aliphatic rings. The third-order valence-electron chi connectivity index (χ3n) is 4.18. The number of nitrogens with one attached hydrogen (secondary N) is 2. The van der Waals surface area contributed by atoms with Crippen LogP contribution >= 0.6 is 11.6 Å². The number of hydrogen-bond acceptors (Lipinski definition) is 4. The van der Waals surface area contributed by atoms with Crippen LogP contribution in [0.3, 0.4) is 0 Å². The average Bonchev–Trinajstić information content (AvgIpc) is 2.72. The van der Waals surface area contributed by atoms with E-state index in [9.17, 15) is 5.11 Å². The number of methoxy groups -OCH3 is 2. The maximum Gasteiger partial charge on any atom is 0.191 e. The van der Waals surface area contributed by atoms with Crippen LogP contribution in [0.25, 0.3) is 0 Å². The summed E-state index contributed by atoms with van der Waals surface area (Å²) in [7, 11) is 3.16. The van der Waals surface area contributed by atoms with Crippen molar-refractivity contribution in [3.63, 3.8) is 0 Å². The number of nitrogens with zero attached hydrogens (tertiary/aromatic N) is 1. The zero-order chi connectivity index (χ0) is 20.4. The van der Waals surface area contributed by atoms with Gasteiger partial charge < -0.3 is 25.2 Å². The van der Waals surface area contributed by atoms with Gasteiger partial charge in [-0.15, -0.1) is 0 Å². The fourth-order valence-corrected chi connectivity index (χ4v) is 2.82. The molecule has 3 N–H and O–H groups in total. The molecule has 28 heavy (non-hydrogen) atoms. The van der Waals surface area contributed by atoms with E-state index in [1.165, 1.54) is 5.56 Å². The third kappa shape index (κ3) is 6.62. The molecule has 0 amide bonds. The van der Waals surface area contributed by atoms with Crippen molar-refractivity contribution in [1.82, 2.24) is 10.6 Å². The Morgan fingerprint density at radius 1 is 1.11 bits per heavy atom. The first-order chi connectivity index (χ1) is 13.6. The minimum absolute atomic E-state index is 0.194. The molecule has 2 rings (SSSR count). The summed E-state index contributed by atoms with van der Waals surface area (Å²) in [5.41, 5.74) is 1.83. The topological polar surface area (TPSA) is 75.1 Å². The second-order valence-electron chi connectivity index (χ2n) is 6.15. The lowest BCUT2D eigenvalue weighted by Gasteiger charge is -2.16. The number of aliphatic hydroxyl groups is 1. The molecule has 0 aliphatic carbocycles. The van der Waals surface area contributed by atoms with Crippen LogP contribution in [0.2, 0.25) is 5.02 Å². The van der Waals surface area contributed by atoms with Crippen molar-refractivity contribution in [2.75, 3.05) is 33.9 Å². The summed E-state index contributed by atoms with van der Waals surface area (Å²) in [6.45, 7) is 3.63. The molecule has 0 aromatic heterocycles. The summed E-state index contributed by atoms with van der Waals surface area (Å²) in [5, 5.41) is 17.8. The summed E-state index contributed by atoms with van der Waals surface area (Å²) in [4.78, 5) is 4.49. The van der Waals surface area contributed by atoms with E-state index < -0.39 is 6.10 Å². The number of ether oxygens (including phenoxy) is 2. The van der Waals surface area contributed by atoms with E-state index >= 15 is 0 Å². The fourth-order valence-electron chi connectivity index (χ4n) is 2.69. The van der Waals surface area contributed by atoms with Crippen molar-refractivity contribution in [2.45, 2.75) is 19.4 Å². The summed E-state index contributed by atoms with van der Waals surface area (Å²) in [5.74, 6) is 1.91. The number of aliphatic imine (C=N–C) groups is 1. The van der Waals surface area contributed by atoms with E-state index in [-0.39, 0.29) is 6.54 Å². The highest BCUT2D eigenvalue weighted by molar-refractivity contribution is 6.30. The van der Waals surface area contributed by atoms with Gasteiger partial charge in [-0.05, 0) is 49.2 Å². The summed E-state index contributed by atoms with van der Waals surface area (Å²) in [6.07, 6.45) is 0.0326. The molecule has 2 aromatic carbocycles. The molecule has 7 heteroatoms. The lowest BCUT2D eigenvalue weighted by Crippen LogP contribution is -2.38. The summed E-state index contributed by atoms with van der Waals surface area (Å²) < 4.78 is 10.6. The van der Waals surface area contributed by atoms with Crippen LogP contribution in [-0.2, 0) is 6.42 Å². The number of halogens is 1. The van der Waals surface area contributed by atoms with Crippen molar-refractivity contribution in [2.24, 2.45) is 4.99 Å². The van der Waals surface area contributed by atoms with Gasteiger partial charge in [0.25, 0.3) is 0 Å². The molecule has 0 fully saturated rings. The van der Waals surface area contributed by atoms with Gasteiger partial charge in [-0.1, -0.05) is 23.7 Å². The van der Waals surface area contributed by atoms with Crippen LogP contribution in [0.15, 0.2) is 47.5 Å². The van der Waals surface area contributed by atoms with Gasteiger partial charge in [0.1, 0.15) is 17.6 Å². The Morgan fingerprint density at radius 3 is 2.50 bits per heavy atom. The lowest BCUT2D eigenvalue weighted by atomic mass is 10.1.